The van der Waals surface area contributed by atoms with E-state index in [4.69, 9.17) is 4.74 Å². The van der Waals surface area contributed by atoms with Crippen LogP contribution in [0.3, 0.4) is 0 Å². The second-order valence-electron chi connectivity index (χ2n) is 6.06. The highest BCUT2D eigenvalue weighted by Crippen LogP contribution is 2.31. The Morgan fingerprint density at radius 1 is 1.54 bits per heavy atom. The van der Waals surface area contributed by atoms with Gasteiger partial charge in [0.2, 0.25) is 0 Å². The summed E-state index contributed by atoms with van der Waals surface area (Å²) < 4.78 is 18.9. The number of hydrogen-bond donors (Lipinski definition) is 1. The zero-order valence-corrected chi connectivity index (χ0v) is 14.2. The Hall–Kier alpha value is -1.99. The third-order valence-electron chi connectivity index (χ3n) is 4.48. The Kier molecular flexibility index (Phi) is 3.97. The molecule has 2 aromatic rings. The molecule has 7 heteroatoms. The summed E-state index contributed by atoms with van der Waals surface area (Å²) in [5.41, 5.74) is 1.81. The highest BCUT2D eigenvalue weighted by atomic mass is 32.1. The largest absolute Gasteiger partial charge is 0.480 e. The number of nitrogens with one attached hydrogen (secondary N) is 1. The molecule has 0 bridgehead atoms. The maximum absolute atomic E-state index is 13.3. The first-order valence-corrected chi connectivity index (χ1v) is 8.91. The summed E-state index contributed by atoms with van der Waals surface area (Å²) in [5, 5.41) is 3.47. The van der Waals surface area contributed by atoms with E-state index in [1.54, 1.807) is 6.07 Å². The van der Waals surface area contributed by atoms with Gasteiger partial charge in [-0.2, -0.15) is 0 Å². The molecule has 1 N–H and O–H groups in total. The van der Waals surface area contributed by atoms with E-state index in [1.165, 1.54) is 28.3 Å². The summed E-state index contributed by atoms with van der Waals surface area (Å²) in [4.78, 5) is 20.5. The summed E-state index contributed by atoms with van der Waals surface area (Å²) in [6.45, 7) is 5.06. The van der Waals surface area contributed by atoms with Crippen LogP contribution >= 0.6 is 11.3 Å². The van der Waals surface area contributed by atoms with Gasteiger partial charge in [0.25, 0.3) is 5.91 Å². The van der Waals surface area contributed by atoms with Crippen LogP contribution in [0.25, 0.3) is 0 Å². The van der Waals surface area contributed by atoms with Gasteiger partial charge in [-0.1, -0.05) is 6.92 Å². The lowest BCUT2D eigenvalue weighted by Gasteiger charge is -2.23. The molecule has 1 aromatic carbocycles. The molecule has 0 spiro atoms. The highest BCUT2D eigenvalue weighted by molar-refractivity contribution is 7.15. The van der Waals surface area contributed by atoms with Crippen LogP contribution in [-0.2, 0) is 24.2 Å². The van der Waals surface area contributed by atoms with Crippen LogP contribution in [-0.4, -0.2) is 35.0 Å². The molecule has 0 aliphatic carbocycles. The lowest BCUT2D eigenvalue weighted by Crippen LogP contribution is -2.31. The van der Waals surface area contributed by atoms with Gasteiger partial charge in [-0.15, -0.1) is 11.3 Å². The standard InChI is InChI=1S/C17H18FN3O2S/c1-2-21-6-5-12-15(9-21)24-17(19-12)20-16(22)14-8-10-7-11(18)3-4-13(10)23-14/h3-4,7,14H,2,5-6,8-9H2,1H3,(H,19,20,22). The fourth-order valence-electron chi connectivity index (χ4n) is 3.12. The zero-order valence-electron chi connectivity index (χ0n) is 13.3. The molecular weight excluding hydrogens is 329 g/mol. The van der Waals surface area contributed by atoms with Gasteiger partial charge in [-0.3, -0.25) is 15.0 Å². The van der Waals surface area contributed by atoms with Crippen molar-refractivity contribution in [2.24, 2.45) is 0 Å². The number of carbonyl (C=O) groups excluding carboxylic acids is 1. The first-order chi connectivity index (χ1) is 11.6. The third-order valence-corrected chi connectivity index (χ3v) is 5.47. The Morgan fingerprint density at radius 2 is 2.42 bits per heavy atom. The minimum atomic E-state index is -0.630. The minimum Gasteiger partial charge on any atom is -0.480 e. The van der Waals surface area contributed by atoms with Gasteiger partial charge in [0, 0.05) is 36.4 Å². The topological polar surface area (TPSA) is 54.5 Å². The molecule has 3 heterocycles. The second kappa shape index (κ2) is 6.14. The van der Waals surface area contributed by atoms with Crippen LogP contribution in [0.1, 0.15) is 23.1 Å². The van der Waals surface area contributed by atoms with E-state index >= 15 is 0 Å². The van der Waals surface area contributed by atoms with Crippen LogP contribution in [0.2, 0.25) is 0 Å². The number of amides is 1. The number of rotatable bonds is 3. The van der Waals surface area contributed by atoms with Crippen molar-refractivity contribution in [1.29, 1.82) is 0 Å². The van der Waals surface area contributed by atoms with Crippen LogP contribution in [0.5, 0.6) is 5.75 Å². The fraction of sp³-hybridized carbons (Fsp3) is 0.412. The van der Waals surface area contributed by atoms with Gasteiger partial charge in [0.1, 0.15) is 11.6 Å². The van der Waals surface area contributed by atoms with E-state index in [2.05, 4.69) is 22.1 Å². The van der Waals surface area contributed by atoms with Gasteiger partial charge in [0.15, 0.2) is 11.2 Å². The van der Waals surface area contributed by atoms with E-state index < -0.39 is 6.10 Å². The Balaban J connectivity index is 1.43. The molecule has 1 amide bonds. The molecule has 0 saturated heterocycles. The summed E-state index contributed by atoms with van der Waals surface area (Å²) in [6.07, 6.45) is 0.670. The Bertz CT molecular complexity index is 792. The van der Waals surface area contributed by atoms with Crippen molar-refractivity contribution >= 4 is 22.4 Å². The molecule has 0 fully saturated rings. The van der Waals surface area contributed by atoms with Gasteiger partial charge >= 0.3 is 0 Å². The number of benzene rings is 1. The number of anilines is 1. The number of hydrogen-bond acceptors (Lipinski definition) is 5. The van der Waals surface area contributed by atoms with Crippen LogP contribution in [0.4, 0.5) is 9.52 Å². The van der Waals surface area contributed by atoms with E-state index in [0.29, 0.717) is 17.3 Å². The number of halogens is 1. The summed E-state index contributed by atoms with van der Waals surface area (Å²) in [6, 6.07) is 4.33. The lowest BCUT2D eigenvalue weighted by atomic mass is 10.1. The number of ether oxygens (including phenoxy) is 1. The molecule has 0 radical (unpaired) electrons. The molecule has 0 saturated carbocycles. The summed E-state index contributed by atoms with van der Waals surface area (Å²) in [5.74, 6) is 0.0325. The van der Waals surface area contributed by atoms with Crippen LogP contribution in [0, 0.1) is 5.82 Å². The van der Waals surface area contributed by atoms with E-state index in [9.17, 15) is 9.18 Å². The quantitative estimate of drug-likeness (QED) is 0.927. The zero-order chi connectivity index (χ0) is 16.7. The van der Waals surface area contributed by atoms with Crippen molar-refractivity contribution in [2.75, 3.05) is 18.4 Å². The molecule has 126 valence electrons. The molecule has 2 aliphatic heterocycles. The number of aromatic nitrogens is 1. The fourth-order valence-corrected chi connectivity index (χ4v) is 4.17. The number of nitrogens with zero attached hydrogens (tertiary/aromatic N) is 2. The minimum absolute atomic E-state index is 0.231. The van der Waals surface area contributed by atoms with Crippen LogP contribution in [0.15, 0.2) is 18.2 Å². The first-order valence-electron chi connectivity index (χ1n) is 8.09. The van der Waals surface area contributed by atoms with Crippen molar-refractivity contribution in [3.05, 3.63) is 40.2 Å². The predicted molar refractivity (Wildman–Crippen MR) is 89.9 cm³/mol. The van der Waals surface area contributed by atoms with E-state index in [1.807, 2.05) is 0 Å². The van der Waals surface area contributed by atoms with Gasteiger partial charge in [0.05, 0.1) is 5.69 Å². The molecule has 2 aliphatic rings. The third kappa shape index (κ3) is 2.89. The molecule has 5 nitrogen and oxygen atoms in total. The highest BCUT2D eigenvalue weighted by Gasteiger charge is 2.30. The van der Waals surface area contributed by atoms with Crippen molar-refractivity contribution in [3.63, 3.8) is 0 Å². The van der Waals surface area contributed by atoms with Crippen molar-refractivity contribution in [1.82, 2.24) is 9.88 Å². The predicted octanol–water partition coefficient (Wildman–Crippen LogP) is 2.60. The monoisotopic (exact) mass is 347 g/mol. The average molecular weight is 347 g/mol. The van der Waals surface area contributed by atoms with Gasteiger partial charge in [-0.05, 0) is 24.7 Å². The van der Waals surface area contributed by atoms with E-state index in [0.717, 1.165) is 37.3 Å². The first kappa shape index (κ1) is 15.5. The van der Waals surface area contributed by atoms with Crippen molar-refractivity contribution in [3.8, 4) is 5.75 Å². The van der Waals surface area contributed by atoms with Gasteiger partial charge < -0.3 is 4.74 Å². The van der Waals surface area contributed by atoms with Crippen LogP contribution < -0.4 is 10.1 Å². The molecule has 24 heavy (non-hydrogen) atoms. The number of fused-ring (bicyclic) bond motifs is 2. The molecular formula is C17H18FN3O2S. The van der Waals surface area contributed by atoms with Crippen molar-refractivity contribution in [2.45, 2.75) is 32.4 Å². The average Bonchev–Trinajstić information content (AvgIpc) is 3.16. The number of carbonyl (C=O) groups is 1. The molecule has 4 rings (SSSR count). The maximum Gasteiger partial charge on any atom is 0.267 e. The Labute approximate surface area is 143 Å². The molecule has 1 aromatic heterocycles. The van der Waals surface area contributed by atoms with E-state index in [-0.39, 0.29) is 11.7 Å². The van der Waals surface area contributed by atoms with Gasteiger partial charge in [-0.25, -0.2) is 9.37 Å². The summed E-state index contributed by atoms with van der Waals surface area (Å²) in [7, 11) is 0. The normalized spacial score (nSPS) is 19.5. The Morgan fingerprint density at radius 3 is 3.25 bits per heavy atom. The number of likely N-dealkylation sites (N-methyl/N-ethyl adjacent to an activating group) is 1. The summed E-state index contributed by atoms with van der Waals surface area (Å²) >= 11 is 1.53. The maximum atomic E-state index is 13.3. The SMILES string of the molecule is CCN1CCc2nc(NC(=O)C3Cc4cc(F)ccc4O3)sc2C1. The van der Waals surface area contributed by atoms with Crippen molar-refractivity contribution < 1.29 is 13.9 Å². The second-order valence-corrected chi connectivity index (χ2v) is 7.14. The lowest BCUT2D eigenvalue weighted by molar-refractivity contribution is -0.122. The molecule has 1 atom stereocenters. The molecule has 1 unspecified atom stereocenters. The smallest absolute Gasteiger partial charge is 0.267 e. The number of thiazole rings is 1.